The first-order chi connectivity index (χ1) is 22.8. The van der Waals surface area contributed by atoms with E-state index < -0.39 is 11.7 Å². The van der Waals surface area contributed by atoms with Gasteiger partial charge >= 0.3 is 12.2 Å². The third kappa shape index (κ3) is 7.82. The molecule has 3 heterocycles. The standard InChI is InChI=1S/C35H34F3N7O2/c1-2-43-16-18-44(19-17-43)32-14-13-29(22-30(32)35(36,37)38)41-33-39-23-26(24-40-33)12-11-25-7-6-10-28(21-25)42-34(46)45-31(15-20-47-45)27-8-4-3-5-9-27/h3-10,13-14,21-24,31H,2,15-20H2,1H3,(H,42,46)(H,39,40,41)/t31-/m0/s1. The number of anilines is 4. The first kappa shape index (κ1) is 31.8. The molecule has 2 saturated heterocycles. The number of carbonyl (C=O) groups is 1. The Morgan fingerprint density at radius 3 is 2.38 bits per heavy atom. The normalized spacial score (nSPS) is 16.8. The minimum atomic E-state index is -4.51. The van der Waals surface area contributed by atoms with E-state index in [-0.39, 0.29) is 29.4 Å². The average Bonchev–Trinajstić information content (AvgIpc) is 3.59. The van der Waals surface area contributed by atoms with Gasteiger partial charge in [0.25, 0.3) is 0 Å². The van der Waals surface area contributed by atoms with Crippen molar-refractivity contribution in [1.29, 1.82) is 0 Å². The Labute approximate surface area is 271 Å². The van der Waals surface area contributed by atoms with Crippen LogP contribution in [0.4, 0.5) is 41.0 Å². The zero-order valence-electron chi connectivity index (χ0n) is 25.8. The minimum absolute atomic E-state index is 0.149. The fraction of sp³-hybridized carbons (Fsp3) is 0.286. The lowest BCUT2D eigenvalue weighted by molar-refractivity contribution is -0.137. The van der Waals surface area contributed by atoms with Crippen molar-refractivity contribution < 1.29 is 22.8 Å². The number of piperazine rings is 1. The second-order valence-corrected chi connectivity index (χ2v) is 11.2. The molecule has 3 aromatic carbocycles. The van der Waals surface area contributed by atoms with Gasteiger partial charge in [-0.05, 0) is 48.5 Å². The molecule has 0 bridgehead atoms. The van der Waals surface area contributed by atoms with Gasteiger partial charge in [0, 0.05) is 67.6 Å². The summed E-state index contributed by atoms with van der Waals surface area (Å²) in [7, 11) is 0. The summed E-state index contributed by atoms with van der Waals surface area (Å²) >= 11 is 0. The number of urea groups is 1. The molecule has 2 aliphatic rings. The van der Waals surface area contributed by atoms with Crippen molar-refractivity contribution in [3.63, 3.8) is 0 Å². The number of amides is 2. The van der Waals surface area contributed by atoms with Crippen LogP contribution < -0.4 is 15.5 Å². The van der Waals surface area contributed by atoms with E-state index in [0.717, 1.165) is 31.3 Å². The van der Waals surface area contributed by atoms with Gasteiger partial charge in [-0.15, -0.1) is 0 Å². The Hall–Kier alpha value is -5.12. The number of hydrogen-bond acceptors (Lipinski definition) is 7. The van der Waals surface area contributed by atoms with Crippen LogP contribution in [0.3, 0.4) is 0 Å². The van der Waals surface area contributed by atoms with Gasteiger partial charge in [-0.3, -0.25) is 4.84 Å². The molecule has 4 aromatic rings. The summed E-state index contributed by atoms with van der Waals surface area (Å²) in [6.07, 6.45) is -0.817. The highest BCUT2D eigenvalue weighted by Crippen LogP contribution is 2.39. The quantitative estimate of drug-likeness (QED) is 0.227. The summed E-state index contributed by atoms with van der Waals surface area (Å²) in [6, 6.07) is 20.5. The predicted octanol–water partition coefficient (Wildman–Crippen LogP) is 6.69. The molecule has 0 saturated carbocycles. The van der Waals surface area contributed by atoms with E-state index >= 15 is 0 Å². The van der Waals surface area contributed by atoms with Gasteiger partial charge < -0.3 is 20.4 Å². The van der Waals surface area contributed by atoms with E-state index in [2.05, 4.69) is 37.3 Å². The summed E-state index contributed by atoms with van der Waals surface area (Å²) in [5.41, 5.74) is 2.45. The lowest BCUT2D eigenvalue weighted by atomic mass is 10.1. The molecule has 0 spiro atoms. The van der Waals surface area contributed by atoms with Gasteiger partial charge in [0.05, 0.1) is 23.8 Å². The number of rotatable bonds is 6. The number of hydroxylamine groups is 2. The summed E-state index contributed by atoms with van der Waals surface area (Å²) < 4.78 is 42.1. The van der Waals surface area contributed by atoms with E-state index in [1.165, 1.54) is 23.5 Å². The lowest BCUT2D eigenvalue weighted by Gasteiger charge is -2.36. The first-order valence-electron chi connectivity index (χ1n) is 15.4. The van der Waals surface area contributed by atoms with Gasteiger partial charge in [-0.2, -0.15) is 18.2 Å². The molecular weight excluding hydrogens is 607 g/mol. The second kappa shape index (κ2) is 14.1. The number of hydrogen-bond donors (Lipinski definition) is 2. The number of carbonyl (C=O) groups excluding carboxylic acids is 1. The Kier molecular flexibility index (Phi) is 9.56. The summed E-state index contributed by atoms with van der Waals surface area (Å²) in [6.45, 7) is 5.91. The number of nitrogens with zero attached hydrogens (tertiary/aromatic N) is 5. The molecule has 0 radical (unpaired) electrons. The van der Waals surface area contributed by atoms with Crippen molar-refractivity contribution in [1.82, 2.24) is 19.9 Å². The van der Waals surface area contributed by atoms with E-state index in [1.807, 2.05) is 43.3 Å². The van der Waals surface area contributed by atoms with Crippen molar-refractivity contribution in [2.75, 3.05) is 54.9 Å². The maximum atomic E-state index is 14.0. The summed E-state index contributed by atoms with van der Waals surface area (Å²) in [5, 5.41) is 7.12. The van der Waals surface area contributed by atoms with E-state index in [0.29, 0.717) is 42.9 Å². The van der Waals surface area contributed by atoms with Crippen molar-refractivity contribution in [3.8, 4) is 11.8 Å². The van der Waals surface area contributed by atoms with Gasteiger partial charge in [0.1, 0.15) is 0 Å². The zero-order valence-corrected chi connectivity index (χ0v) is 25.8. The fourth-order valence-corrected chi connectivity index (χ4v) is 5.65. The van der Waals surface area contributed by atoms with Gasteiger partial charge in [0.15, 0.2) is 0 Å². The monoisotopic (exact) mass is 641 g/mol. The number of aromatic nitrogens is 2. The molecule has 0 unspecified atom stereocenters. The topological polar surface area (TPSA) is 85.9 Å². The highest BCUT2D eigenvalue weighted by molar-refractivity contribution is 5.89. The van der Waals surface area contributed by atoms with Crippen molar-refractivity contribution in [3.05, 3.63) is 107 Å². The third-order valence-corrected chi connectivity index (χ3v) is 8.12. The van der Waals surface area contributed by atoms with Gasteiger partial charge in [-0.1, -0.05) is 55.2 Å². The Morgan fingerprint density at radius 1 is 0.915 bits per heavy atom. The average molecular weight is 642 g/mol. The van der Waals surface area contributed by atoms with Crippen LogP contribution in [0.15, 0.2) is 85.2 Å². The molecule has 12 heteroatoms. The Balaban J connectivity index is 1.09. The molecule has 47 heavy (non-hydrogen) atoms. The summed E-state index contributed by atoms with van der Waals surface area (Å²) in [4.78, 5) is 31.1. The Bertz CT molecular complexity index is 1750. The molecule has 2 fully saturated rings. The van der Waals surface area contributed by atoms with Crippen LogP contribution in [0, 0.1) is 11.8 Å². The Morgan fingerprint density at radius 2 is 1.66 bits per heavy atom. The number of nitrogens with one attached hydrogen (secondary N) is 2. The number of likely N-dealkylation sites (N-methyl/N-ethyl adjacent to an activating group) is 1. The molecule has 9 nitrogen and oxygen atoms in total. The largest absolute Gasteiger partial charge is 0.418 e. The molecular formula is C35H34F3N7O2. The van der Waals surface area contributed by atoms with E-state index in [9.17, 15) is 18.0 Å². The lowest BCUT2D eigenvalue weighted by Crippen LogP contribution is -2.46. The van der Waals surface area contributed by atoms with E-state index in [1.54, 1.807) is 29.2 Å². The van der Waals surface area contributed by atoms with Crippen molar-refractivity contribution in [2.45, 2.75) is 25.6 Å². The van der Waals surface area contributed by atoms with E-state index in [4.69, 9.17) is 4.84 Å². The zero-order chi connectivity index (χ0) is 32.8. The smallest absolute Gasteiger partial charge is 0.368 e. The fourth-order valence-electron chi connectivity index (χ4n) is 5.65. The van der Waals surface area contributed by atoms with Gasteiger partial charge in [0.2, 0.25) is 5.95 Å². The van der Waals surface area contributed by atoms with Crippen LogP contribution in [0.5, 0.6) is 0 Å². The molecule has 2 N–H and O–H groups in total. The predicted molar refractivity (Wildman–Crippen MR) is 174 cm³/mol. The van der Waals surface area contributed by atoms with Crippen LogP contribution in [-0.2, 0) is 11.0 Å². The molecule has 242 valence electrons. The van der Waals surface area contributed by atoms with Crippen LogP contribution >= 0.6 is 0 Å². The SMILES string of the molecule is CCN1CCN(c2ccc(Nc3ncc(C#Cc4cccc(NC(=O)N5OCC[C@H]5c5ccccc5)c4)cn3)cc2C(F)(F)F)CC1. The molecule has 1 aromatic heterocycles. The number of halogens is 3. The van der Waals surface area contributed by atoms with Crippen LogP contribution in [0.25, 0.3) is 0 Å². The number of benzene rings is 3. The van der Waals surface area contributed by atoms with Crippen LogP contribution in [0.1, 0.15) is 41.6 Å². The summed E-state index contributed by atoms with van der Waals surface area (Å²) in [5.74, 6) is 6.17. The minimum Gasteiger partial charge on any atom is -0.368 e. The van der Waals surface area contributed by atoms with Crippen LogP contribution in [-0.4, -0.2) is 65.3 Å². The molecule has 1 atom stereocenters. The second-order valence-electron chi connectivity index (χ2n) is 11.2. The first-order valence-corrected chi connectivity index (χ1v) is 15.4. The van der Waals surface area contributed by atoms with Crippen molar-refractivity contribution in [2.24, 2.45) is 0 Å². The molecule has 6 rings (SSSR count). The number of alkyl halides is 3. The molecule has 0 aliphatic carbocycles. The van der Waals surface area contributed by atoms with Crippen molar-refractivity contribution >= 4 is 29.0 Å². The van der Waals surface area contributed by atoms with Crippen LogP contribution in [0.2, 0.25) is 0 Å². The highest BCUT2D eigenvalue weighted by atomic mass is 19.4. The molecule has 2 amide bonds. The highest BCUT2D eigenvalue weighted by Gasteiger charge is 2.36. The maximum Gasteiger partial charge on any atom is 0.418 e. The molecule has 2 aliphatic heterocycles. The third-order valence-electron chi connectivity index (χ3n) is 8.12. The maximum absolute atomic E-state index is 14.0. The van der Waals surface area contributed by atoms with Gasteiger partial charge in [-0.25, -0.2) is 14.8 Å².